The number of nitrogens with zero attached hydrogens (tertiary/aromatic N) is 6. The molecule has 4 rings (SSSR count). The Morgan fingerprint density at radius 3 is 1.60 bits per heavy atom. The molecule has 0 aliphatic heterocycles. The van der Waals surface area contributed by atoms with Crippen LogP contribution in [0.3, 0.4) is 0 Å². The minimum absolute atomic E-state index is 0.166. The molecular formula is C12H8N6Se2. The summed E-state index contributed by atoms with van der Waals surface area (Å²) < 4.78 is 3.97. The summed E-state index contributed by atoms with van der Waals surface area (Å²) in [6.07, 6.45) is 0. The van der Waals surface area contributed by atoms with Gasteiger partial charge in [0.25, 0.3) is 0 Å². The maximum absolute atomic E-state index is 4.22. The third-order valence-corrected chi connectivity index (χ3v) is 8.49. The molecule has 0 amide bonds. The van der Waals surface area contributed by atoms with Crippen LogP contribution in [-0.4, -0.2) is 54.7 Å². The van der Waals surface area contributed by atoms with Crippen molar-refractivity contribution in [2.45, 2.75) is 0 Å². The molecule has 4 aromatic rings. The van der Waals surface area contributed by atoms with Crippen molar-refractivity contribution in [2.75, 3.05) is 0 Å². The van der Waals surface area contributed by atoms with Gasteiger partial charge in [-0.3, -0.25) is 0 Å². The number of para-hydroxylation sites is 2. The molecule has 0 aliphatic carbocycles. The van der Waals surface area contributed by atoms with Crippen LogP contribution in [0.1, 0.15) is 0 Å². The predicted octanol–water partition coefficient (Wildman–Crippen LogP) is 0.726. The van der Waals surface area contributed by atoms with Gasteiger partial charge in [-0.05, 0) is 0 Å². The van der Waals surface area contributed by atoms with Crippen LogP contribution >= 0.6 is 0 Å². The summed E-state index contributed by atoms with van der Waals surface area (Å²) in [5.74, 6) is 0. The van der Waals surface area contributed by atoms with Gasteiger partial charge in [-0.2, -0.15) is 0 Å². The van der Waals surface area contributed by atoms with Crippen LogP contribution in [0.25, 0.3) is 22.1 Å². The van der Waals surface area contributed by atoms with E-state index in [1.54, 1.807) is 0 Å². The first kappa shape index (κ1) is 12.1. The molecule has 0 saturated carbocycles. The number of benzene rings is 2. The quantitative estimate of drug-likeness (QED) is 0.481. The van der Waals surface area contributed by atoms with E-state index in [-0.39, 0.29) is 26.7 Å². The van der Waals surface area contributed by atoms with Crippen LogP contribution in [0.15, 0.2) is 48.5 Å². The van der Waals surface area contributed by atoms with Crippen molar-refractivity contribution in [1.82, 2.24) is 28.0 Å². The van der Waals surface area contributed by atoms with Crippen molar-refractivity contribution in [3.63, 3.8) is 0 Å². The van der Waals surface area contributed by atoms with Gasteiger partial charge in [-0.25, -0.2) is 0 Å². The zero-order chi connectivity index (χ0) is 13.4. The Kier molecular flexibility index (Phi) is 3.01. The second-order valence-electron chi connectivity index (χ2n) is 4.05. The topological polar surface area (TPSA) is 61.4 Å². The van der Waals surface area contributed by atoms with Gasteiger partial charge >= 0.3 is 125 Å². The monoisotopic (exact) mass is 396 g/mol. The summed E-state index contributed by atoms with van der Waals surface area (Å²) >= 11 is 0.332. The molecule has 0 fully saturated rings. The standard InChI is InChI=1S/C12H8N6Se2/c1-3-7-11-9(5-1)13-15-17(11)19-20-18-12-8-4-2-6-10(12)14-16-18/h1-8H. The Hall–Kier alpha value is -1.72. The summed E-state index contributed by atoms with van der Waals surface area (Å²) in [6.45, 7) is 0. The van der Waals surface area contributed by atoms with Gasteiger partial charge in [-0.1, -0.05) is 0 Å². The Morgan fingerprint density at radius 1 is 0.650 bits per heavy atom. The average Bonchev–Trinajstić information content (AvgIpc) is 3.09. The van der Waals surface area contributed by atoms with Crippen molar-refractivity contribution in [3.05, 3.63) is 48.5 Å². The molecule has 0 spiro atoms. The van der Waals surface area contributed by atoms with Crippen LogP contribution in [0.4, 0.5) is 0 Å². The Balaban J connectivity index is 1.64. The normalized spacial score (nSPS) is 11.4. The van der Waals surface area contributed by atoms with Crippen molar-refractivity contribution in [2.24, 2.45) is 0 Å². The fraction of sp³-hybridized carbons (Fsp3) is 0. The van der Waals surface area contributed by atoms with Gasteiger partial charge in [0.2, 0.25) is 0 Å². The predicted molar refractivity (Wildman–Crippen MR) is 77.4 cm³/mol. The van der Waals surface area contributed by atoms with Gasteiger partial charge in [0.15, 0.2) is 0 Å². The van der Waals surface area contributed by atoms with E-state index in [9.17, 15) is 0 Å². The van der Waals surface area contributed by atoms with Gasteiger partial charge in [0.05, 0.1) is 0 Å². The molecule has 0 radical (unpaired) electrons. The molecule has 0 aliphatic rings. The summed E-state index contributed by atoms with van der Waals surface area (Å²) in [4.78, 5) is 0. The van der Waals surface area contributed by atoms with Crippen LogP contribution in [0.5, 0.6) is 0 Å². The fourth-order valence-electron chi connectivity index (χ4n) is 1.87. The van der Waals surface area contributed by atoms with Crippen molar-refractivity contribution < 1.29 is 0 Å². The Labute approximate surface area is 125 Å². The molecule has 0 bridgehead atoms. The molecule has 0 atom stereocenters. The van der Waals surface area contributed by atoms with Gasteiger partial charge < -0.3 is 0 Å². The summed E-state index contributed by atoms with van der Waals surface area (Å²) in [5, 5.41) is 16.8. The maximum atomic E-state index is 4.22. The Morgan fingerprint density at radius 2 is 1.10 bits per heavy atom. The number of hydrogen-bond acceptors (Lipinski definition) is 4. The van der Waals surface area contributed by atoms with Crippen molar-refractivity contribution in [1.29, 1.82) is 0 Å². The van der Waals surface area contributed by atoms with Crippen molar-refractivity contribution in [3.8, 4) is 0 Å². The van der Waals surface area contributed by atoms with Gasteiger partial charge in [0.1, 0.15) is 0 Å². The minimum atomic E-state index is 0.166. The molecule has 98 valence electrons. The molecule has 2 aromatic heterocycles. The summed E-state index contributed by atoms with van der Waals surface area (Å²) in [5.41, 5.74) is 4.04. The van der Waals surface area contributed by atoms with Crippen LogP contribution in [0, 0.1) is 0 Å². The molecule has 0 saturated heterocycles. The molecule has 0 unspecified atom stereocenters. The third-order valence-electron chi connectivity index (χ3n) is 2.82. The van der Waals surface area contributed by atoms with E-state index in [0.717, 1.165) is 22.1 Å². The Bertz CT molecular complexity index is 810. The molecule has 6 nitrogen and oxygen atoms in total. The fourth-order valence-corrected chi connectivity index (χ4v) is 7.17. The van der Waals surface area contributed by atoms with Crippen LogP contribution in [0.2, 0.25) is 0 Å². The summed E-state index contributed by atoms with van der Waals surface area (Å²) in [7, 11) is 0. The second-order valence-corrected chi connectivity index (χ2v) is 9.38. The molecule has 2 aromatic carbocycles. The number of fused-ring (bicyclic) bond motifs is 2. The van der Waals surface area contributed by atoms with Crippen LogP contribution < -0.4 is 0 Å². The van der Waals surface area contributed by atoms with Crippen molar-refractivity contribution >= 4 is 48.8 Å². The van der Waals surface area contributed by atoms with E-state index < -0.39 is 0 Å². The van der Waals surface area contributed by atoms with E-state index in [1.807, 2.05) is 55.9 Å². The molecule has 0 N–H and O–H groups in total. The zero-order valence-corrected chi connectivity index (χ0v) is 13.5. The first-order valence-corrected chi connectivity index (χ1v) is 11.7. The SMILES string of the molecule is c1ccc2c(c1)nnn2[Se][Se]n1nnc2ccccc21. The average molecular weight is 394 g/mol. The van der Waals surface area contributed by atoms with E-state index in [1.165, 1.54) is 0 Å². The molecule has 2 heterocycles. The number of aromatic nitrogens is 6. The summed E-state index contributed by atoms with van der Waals surface area (Å²) in [6, 6.07) is 16.0. The molecule has 20 heavy (non-hydrogen) atoms. The zero-order valence-electron chi connectivity index (χ0n) is 10.1. The number of hydrogen-bond donors (Lipinski definition) is 0. The van der Waals surface area contributed by atoms with Gasteiger partial charge in [-0.15, -0.1) is 0 Å². The number of rotatable bonds is 3. The second kappa shape index (κ2) is 4.99. The van der Waals surface area contributed by atoms with Crippen LogP contribution in [-0.2, 0) is 0 Å². The molecule has 8 heteroatoms. The molecular weight excluding hydrogens is 386 g/mol. The van der Waals surface area contributed by atoms with E-state index in [2.05, 4.69) is 20.6 Å². The van der Waals surface area contributed by atoms with E-state index in [0.29, 0.717) is 0 Å². The van der Waals surface area contributed by atoms with Gasteiger partial charge in [0, 0.05) is 0 Å². The first-order valence-electron chi connectivity index (χ1n) is 5.88. The van der Waals surface area contributed by atoms with E-state index >= 15 is 0 Å². The van der Waals surface area contributed by atoms with E-state index in [4.69, 9.17) is 0 Å². The first-order chi connectivity index (χ1) is 9.92. The third kappa shape index (κ3) is 2.03.